The minimum Gasteiger partial charge on any atom is -0.340 e. The molecule has 2 aromatic rings. The van der Waals surface area contributed by atoms with Crippen molar-refractivity contribution in [3.63, 3.8) is 0 Å². The first-order valence-corrected chi connectivity index (χ1v) is 8.29. The number of rotatable bonds is 3. The molecule has 24 heavy (non-hydrogen) atoms. The smallest absolute Gasteiger partial charge is 0.229 e. The van der Waals surface area contributed by atoms with Crippen LogP contribution in [0.4, 0.5) is 0 Å². The monoisotopic (exact) mass is 364 g/mol. The highest BCUT2D eigenvalue weighted by molar-refractivity contribution is 6.30. The highest BCUT2D eigenvalue weighted by atomic mass is 35.5. The molecule has 0 aromatic heterocycles. The number of benzene rings is 2. The maximum atomic E-state index is 12.8. The molecular formula is C19H22Cl2N2O. The number of nitrogens with zero attached hydrogens (tertiary/aromatic N) is 1. The van der Waals surface area contributed by atoms with Crippen LogP contribution < -0.4 is 5.73 Å². The zero-order valence-electron chi connectivity index (χ0n) is 13.6. The Hall–Kier alpha value is -1.55. The Morgan fingerprint density at radius 3 is 2.54 bits per heavy atom. The number of carbonyl (C=O) groups is 1. The molecule has 2 aromatic carbocycles. The number of carbonyl (C=O) groups excluding carboxylic acids is 1. The van der Waals surface area contributed by atoms with E-state index in [1.54, 1.807) is 0 Å². The zero-order valence-corrected chi connectivity index (χ0v) is 15.1. The van der Waals surface area contributed by atoms with Crippen molar-refractivity contribution in [1.82, 2.24) is 4.90 Å². The average molecular weight is 365 g/mol. The number of nitrogens with two attached hydrogens (primary N) is 1. The normalized spacial score (nSPS) is 21.2. The fourth-order valence-electron chi connectivity index (χ4n) is 3.25. The first-order valence-electron chi connectivity index (χ1n) is 7.91. The fraction of sp³-hybridized carbons (Fsp3) is 0.316. The number of hydrogen-bond donors (Lipinski definition) is 1. The van der Waals surface area contributed by atoms with Crippen LogP contribution in [0.5, 0.6) is 0 Å². The molecule has 1 amide bonds. The van der Waals surface area contributed by atoms with Gasteiger partial charge in [0.25, 0.3) is 0 Å². The van der Waals surface area contributed by atoms with E-state index in [1.807, 2.05) is 54.3 Å². The molecule has 1 aliphatic rings. The van der Waals surface area contributed by atoms with E-state index in [0.29, 0.717) is 18.1 Å². The number of hydrogen-bond acceptors (Lipinski definition) is 2. The first-order chi connectivity index (χ1) is 11.1. The van der Waals surface area contributed by atoms with Crippen LogP contribution >= 0.6 is 24.0 Å². The Labute approximate surface area is 154 Å². The highest BCUT2D eigenvalue weighted by Gasteiger charge is 2.35. The van der Waals surface area contributed by atoms with Crippen LogP contribution in [0.2, 0.25) is 5.02 Å². The van der Waals surface area contributed by atoms with E-state index in [4.69, 9.17) is 17.3 Å². The standard InChI is InChI=1S/C19H21ClN2O.ClH/c1-13(15-8-5-9-16(20)10-15)19(23)22-11-17(18(21)12-22)14-6-3-2-4-7-14;/h2-10,13,17-18H,11-12,21H2,1H3;1H/t13?,17-,18+;/m0./s1. The molecule has 3 rings (SSSR count). The molecular weight excluding hydrogens is 343 g/mol. The van der Waals surface area contributed by atoms with Gasteiger partial charge in [-0.1, -0.05) is 54.1 Å². The third-order valence-electron chi connectivity index (χ3n) is 4.62. The lowest BCUT2D eigenvalue weighted by Gasteiger charge is -2.21. The minimum absolute atomic E-state index is 0. The van der Waals surface area contributed by atoms with Gasteiger partial charge in [0.15, 0.2) is 0 Å². The molecule has 0 aliphatic carbocycles. The molecule has 3 atom stereocenters. The summed E-state index contributed by atoms with van der Waals surface area (Å²) in [5.41, 5.74) is 8.43. The average Bonchev–Trinajstić information content (AvgIpc) is 2.96. The molecule has 3 nitrogen and oxygen atoms in total. The topological polar surface area (TPSA) is 46.3 Å². The molecule has 1 saturated heterocycles. The molecule has 1 heterocycles. The molecule has 0 spiro atoms. The number of amides is 1. The van der Waals surface area contributed by atoms with Crippen LogP contribution in [0, 0.1) is 0 Å². The summed E-state index contributed by atoms with van der Waals surface area (Å²) >= 11 is 6.03. The molecule has 0 saturated carbocycles. The van der Waals surface area contributed by atoms with E-state index in [1.165, 1.54) is 5.56 Å². The largest absolute Gasteiger partial charge is 0.340 e. The van der Waals surface area contributed by atoms with Crippen molar-refractivity contribution >= 4 is 29.9 Å². The van der Waals surface area contributed by atoms with E-state index >= 15 is 0 Å². The predicted octanol–water partition coefficient (Wildman–Crippen LogP) is 3.82. The van der Waals surface area contributed by atoms with Crippen LogP contribution in [0.25, 0.3) is 0 Å². The number of likely N-dealkylation sites (tertiary alicyclic amines) is 1. The molecule has 2 N–H and O–H groups in total. The van der Waals surface area contributed by atoms with Crippen molar-refractivity contribution in [2.75, 3.05) is 13.1 Å². The van der Waals surface area contributed by atoms with Crippen LogP contribution in [0.15, 0.2) is 54.6 Å². The molecule has 0 bridgehead atoms. The van der Waals surface area contributed by atoms with E-state index in [-0.39, 0.29) is 36.2 Å². The Morgan fingerprint density at radius 1 is 1.17 bits per heavy atom. The van der Waals surface area contributed by atoms with Gasteiger partial charge in [-0.25, -0.2) is 0 Å². The van der Waals surface area contributed by atoms with Gasteiger partial charge in [0.1, 0.15) is 0 Å². The van der Waals surface area contributed by atoms with Crippen LogP contribution in [0.3, 0.4) is 0 Å². The Balaban J connectivity index is 0.00000208. The van der Waals surface area contributed by atoms with E-state index < -0.39 is 0 Å². The lowest BCUT2D eigenvalue weighted by atomic mass is 9.95. The van der Waals surface area contributed by atoms with Crippen LogP contribution in [-0.2, 0) is 4.79 Å². The summed E-state index contributed by atoms with van der Waals surface area (Å²) in [5, 5.41) is 0.655. The van der Waals surface area contributed by atoms with E-state index in [2.05, 4.69) is 12.1 Å². The third kappa shape index (κ3) is 3.92. The van der Waals surface area contributed by atoms with Gasteiger partial charge in [-0.05, 0) is 30.2 Å². The maximum absolute atomic E-state index is 12.8. The lowest BCUT2D eigenvalue weighted by molar-refractivity contribution is -0.131. The van der Waals surface area contributed by atoms with Crippen molar-refractivity contribution in [1.29, 1.82) is 0 Å². The fourth-order valence-corrected chi connectivity index (χ4v) is 3.45. The highest BCUT2D eigenvalue weighted by Crippen LogP contribution is 2.29. The van der Waals surface area contributed by atoms with Gasteiger partial charge < -0.3 is 10.6 Å². The van der Waals surface area contributed by atoms with Gasteiger partial charge in [0.05, 0.1) is 5.92 Å². The van der Waals surface area contributed by atoms with Crippen LogP contribution in [-0.4, -0.2) is 29.9 Å². The predicted molar refractivity (Wildman–Crippen MR) is 101 cm³/mol. The van der Waals surface area contributed by atoms with Gasteiger partial charge in [0.2, 0.25) is 5.91 Å². The van der Waals surface area contributed by atoms with Crippen LogP contribution in [0.1, 0.15) is 29.9 Å². The van der Waals surface area contributed by atoms with Crippen molar-refractivity contribution in [3.8, 4) is 0 Å². The second-order valence-electron chi connectivity index (χ2n) is 6.20. The van der Waals surface area contributed by atoms with Crippen molar-refractivity contribution < 1.29 is 4.79 Å². The number of halogens is 2. The van der Waals surface area contributed by atoms with Gasteiger partial charge >= 0.3 is 0 Å². The van der Waals surface area contributed by atoms with Gasteiger partial charge in [-0.3, -0.25) is 4.79 Å². The van der Waals surface area contributed by atoms with Crippen molar-refractivity contribution in [2.24, 2.45) is 5.73 Å². The first kappa shape index (κ1) is 18.8. The summed E-state index contributed by atoms with van der Waals surface area (Å²) in [7, 11) is 0. The second-order valence-corrected chi connectivity index (χ2v) is 6.64. The third-order valence-corrected chi connectivity index (χ3v) is 4.86. The molecule has 5 heteroatoms. The Bertz CT molecular complexity index is 693. The molecule has 1 unspecified atom stereocenters. The molecule has 1 fully saturated rings. The summed E-state index contributed by atoms with van der Waals surface area (Å²) in [6.45, 7) is 3.20. The summed E-state index contributed by atoms with van der Waals surface area (Å²) in [5.74, 6) is 0.100. The molecule has 0 radical (unpaired) electrons. The summed E-state index contributed by atoms with van der Waals surface area (Å²) in [6, 6.07) is 17.7. The van der Waals surface area contributed by atoms with Gasteiger partial charge in [-0.15, -0.1) is 12.4 Å². The quantitative estimate of drug-likeness (QED) is 0.899. The summed E-state index contributed by atoms with van der Waals surface area (Å²) < 4.78 is 0. The molecule has 1 aliphatic heterocycles. The lowest BCUT2D eigenvalue weighted by Crippen LogP contribution is -2.34. The maximum Gasteiger partial charge on any atom is 0.229 e. The van der Waals surface area contributed by atoms with Gasteiger partial charge in [-0.2, -0.15) is 0 Å². The van der Waals surface area contributed by atoms with Crippen molar-refractivity contribution in [2.45, 2.75) is 24.8 Å². The minimum atomic E-state index is -0.213. The zero-order chi connectivity index (χ0) is 16.4. The van der Waals surface area contributed by atoms with Crippen molar-refractivity contribution in [3.05, 3.63) is 70.7 Å². The Morgan fingerprint density at radius 2 is 1.88 bits per heavy atom. The SMILES string of the molecule is CC(C(=O)N1C[C@@H](N)[C@H](c2ccccc2)C1)c1cccc(Cl)c1.Cl. The van der Waals surface area contributed by atoms with E-state index in [9.17, 15) is 4.79 Å². The second kappa shape index (κ2) is 8.02. The van der Waals surface area contributed by atoms with Gasteiger partial charge in [0, 0.05) is 30.1 Å². The molecule has 128 valence electrons. The summed E-state index contributed by atoms with van der Waals surface area (Å²) in [6.07, 6.45) is 0. The van der Waals surface area contributed by atoms with E-state index in [0.717, 1.165) is 5.56 Å². The summed E-state index contributed by atoms with van der Waals surface area (Å²) in [4.78, 5) is 14.7. The Kier molecular flexibility index (Phi) is 6.27.